The molecule has 0 atom stereocenters. The lowest BCUT2D eigenvalue weighted by atomic mass is 10.1. The number of nitrogens with one attached hydrogen (secondary N) is 1. The molecule has 0 radical (unpaired) electrons. The van der Waals surface area contributed by atoms with E-state index in [1.54, 1.807) is 4.90 Å². The van der Waals surface area contributed by atoms with Gasteiger partial charge in [0.2, 0.25) is 5.91 Å². The van der Waals surface area contributed by atoms with Gasteiger partial charge in [-0.25, -0.2) is 4.79 Å². The van der Waals surface area contributed by atoms with Gasteiger partial charge in [-0.05, 0) is 37.8 Å². The Morgan fingerprint density at radius 1 is 1.05 bits per heavy atom. The molecule has 22 heavy (non-hydrogen) atoms. The third-order valence-electron chi connectivity index (χ3n) is 4.83. The zero-order valence-corrected chi connectivity index (χ0v) is 12.6. The number of hydrogen-bond donors (Lipinski definition) is 1. The molecule has 2 fully saturated rings. The van der Waals surface area contributed by atoms with Gasteiger partial charge in [-0.15, -0.1) is 0 Å². The fourth-order valence-corrected chi connectivity index (χ4v) is 3.56. The lowest BCUT2D eigenvalue weighted by Gasteiger charge is -2.36. The van der Waals surface area contributed by atoms with Crippen molar-refractivity contribution in [3.05, 3.63) is 24.3 Å². The van der Waals surface area contributed by atoms with E-state index in [0.717, 1.165) is 37.1 Å². The fourth-order valence-electron chi connectivity index (χ4n) is 3.56. The van der Waals surface area contributed by atoms with Crippen molar-refractivity contribution in [2.24, 2.45) is 0 Å². The number of anilines is 2. The van der Waals surface area contributed by atoms with Gasteiger partial charge in [0, 0.05) is 12.1 Å². The Balaban J connectivity index is 1.61. The van der Waals surface area contributed by atoms with E-state index in [0.29, 0.717) is 6.04 Å². The van der Waals surface area contributed by atoms with Crippen molar-refractivity contribution in [1.82, 2.24) is 5.32 Å². The van der Waals surface area contributed by atoms with Crippen LogP contribution < -0.4 is 15.1 Å². The van der Waals surface area contributed by atoms with Crippen LogP contribution in [0.3, 0.4) is 0 Å². The molecule has 3 aliphatic rings. The van der Waals surface area contributed by atoms with Gasteiger partial charge < -0.3 is 10.2 Å². The predicted octanol–water partition coefficient (Wildman–Crippen LogP) is 2.65. The summed E-state index contributed by atoms with van der Waals surface area (Å²) in [7, 11) is 0. The van der Waals surface area contributed by atoms with Crippen LogP contribution in [0.4, 0.5) is 16.2 Å². The highest BCUT2D eigenvalue weighted by Crippen LogP contribution is 2.40. The molecule has 0 saturated heterocycles. The normalized spacial score (nSPS) is 21.9. The number of amides is 3. The maximum absolute atomic E-state index is 12.6. The van der Waals surface area contributed by atoms with Crippen LogP contribution in [0.1, 0.15) is 38.5 Å². The van der Waals surface area contributed by atoms with E-state index in [4.69, 9.17) is 0 Å². The Hall–Kier alpha value is -2.04. The maximum atomic E-state index is 12.6. The second-order valence-electron chi connectivity index (χ2n) is 6.50. The Bertz CT molecular complexity index is 606. The summed E-state index contributed by atoms with van der Waals surface area (Å²) in [5.74, 6) is 0.0303. The first-order valence-electron chi connectivity index (χ1n) is 8.23. The number of rotatable bonds is 2. The van der Waals surface area contributed by atoms with Gasteiger partial charge in [0.15, 0.2) is 0 Å². The highest BCUT2D eigenvalue weighted by atomic mass is 16.2. The van der Waals surface area contributed by atoms with E-state index in [1.807, 2.05) is 29.2 Å². The van der Waals surface area contributed by atoms with Crippen LogP contribution in [0, 0.1) is 0 Å². The summed E-state index contributed by atoms with van der Waals surface area (Å²) in [6.07, 6.45) is 6.57. The number of carbonyl (C=O) groups excluding carboxylic acids is 2. The van der Waals surface area contributed by atoms with Crippen molar-refractivity contribution in [3.8, 4) is 0 Å². The molecular formula is C17H21N3O2. The summed E-state index contributed by atoms with van der Waals surface area (Å²) in [6.45, 7) is 0.145. The van der Waals surface area contributed by atoms with Crippen molar-refractivity contribution >= 4 is 23.3 Å². The average Bonchev–Trinajstić information content (AvgIpc) is 3.22. The topological polar surface area (TPSA) is 52.7 Å². The number of urea groups is 1. The van der Waals surface area contributed by atoms with Crippen molar-refractivity contribution in [2.75, 3.05) is 16.3 Å². The van der Waals surface area contributed by atoms with Crippen molar-refractivity contribution in [2.45, 2.75) is 50.6 Å². The molecule has 5 heteroatoms. The molecule has 116 valence electrons. The van der Waals surface area contributed by atoms with Crippen LogP contribution in [-0.4, -0.2) is 30.6 Å². The van der Waals surface area contributed by atoms with Gasteiger partial charge >= 0.3 is 6.03 Å². The number of carbonyl (C=O) groups is 2. The zero-order valence-electron chi connectivity index (χ0n) is 12.6. The monoisotopic (exact) mass is 299 g/mol. The lowest BCUT2D eigenvalue weighted by molar-refractivity contribution is -0.117. The summed E-state index contributed by atoms with van der Waals surface area (Å²) in [5.41, 5.74) is 1.73. The summed E-state index contributed by atoms with van der Waals surface area (Å²) in [5, 5.41) is 3.09. The van der Waals surface area contributed by atoms with Crippen LogP contribution in [0.5, 0.6) is 0 Å². The first kappa shape index (κ1) is 13.6. The number of fused-ring (bicyclic) bond motifs is 1. The largest absolute Gasteiger partial charge is 0.335 e. The molecule has 0 spiro atoms. The molecule has 1 aromatic rings. The molecular weight excluding hydrogens is 278 g/mol. The minimum atomic E-state index is -0.136. The smallest absolute Gasteiger partial charge is 0.322 e. The molecule has 1 aromatic carbocycles. The van der Waals surface area contributed by atoms with E-state index in [-0.39, 0.29) is 24.5 Å². The van der Waals surface area contributed by atoms with Crippen LogP contribution in [0.25, 0.3) is 0 Å². The van der Waals surface area contributed by atoms with Gasteiger partial charge in [-0.1, -0.05) is 25.0 Å². The van der Waals surface area contributed by atoms with Gasteiger partial charge in [0.05, 0.1) is 11.4 Å². The van der Waals surface area contributed by atoms with Crippen molar-refractivity contribution in [3.63, 3.8) is 0 Å². The fraction of sp³-hybridized carbons (Fsp3) is 0.529. The van der Waals surface area contributed by atoms with Gasteiger partial charge in [0.1, 0.15) is 6.54 Å². The van der Waals surface area contributed by atoms with Crippen molar-refractivity contribution in [1.29, 1.82) is 0 Å². The number of para-hydroxylation sites is 2. The minimum Gasteiger partial charge on any atom is -0.335 e. The lowest BCUT2D eigenvalue weighted by Crippen LogP contribution is -2.53. The number of nitrogens with zero attached hydrogens (tertiary/aromatic N) is 2. The van der Waals surface area contributed by atoms with E-state index in [9.17, 15) is 9.59 Å². The molecule has 4 rings (SSSR count). The first-order valence-corrected chi connectivity index (χ1v) is 8.23. The number of hydrogen-bond acceptors (Lipinski definition) is 2. The van der Waals surface area contributed by atoms with Gasteiger partial charge in [-0.3, -0.25) is 9.69 Å². The van der Waals surface area contributed by atoms with E-state index in [2.05, 4.69) is 5.32 Å². The Morgan fingerprint density at radius 2 is 1.73 bits per heavy atom. The maximum Gasteiger partial charge on any atom is 0.322 e. The van der Waals surface area contributed by atoms with Gasteiger partial charge in [-0.2, -0.15) is 0 Å². The molecule has 1 N–H and O–H groups in total. The molecule has 2 saturated carbocycles. The Kier molecular flexibility index (Phi) is 3.28. The molecule has 1 heterocycles. The van der Waals surface area contributed by atoms with Crippen LogP contribution in [0.2, 0.25) is 0 Å². The quantitative estimate of drug-likeness (QED) is 0.912. The molecule has 0 aromatic heterocycles. The Morgan fingerprint density at radius 3 is 2.41 bits per heavy atom. The summed E-state index contributed by atoms with van der Waals surface area (Å²) in [6, 6.07) is 8.19. The molecule has 0 bridgehead atoms. The summed E-state index contributed by atoms with van der Waals surface area (Å²) in [4.78, 5) is 28.6. The third-order valence-corrected chi connectivity index (χ3v) is 4.83. The molecule has 0 unspecified atom stereocenters. The highest BCUT2D eigenvalue weighted by molar-refractivity contribution is 6.11. The van der Waals surface area contributed by atoms with E-state index < -0.39 is 0 Å². The minimum absolute atomic E-state index is 0.0303. The summed E-state index contributed by atoms with van der Waals surface area (Å²) < 4.78 is 0. The van der Waals surface area contributed by atoms with Crippen molar-refractivity contribution < 1.29 is 9.59 Å². The second-order valence-corrected chi connectivity index (χ2v) is 6.50. The molecule has 2 aliphatic carbocycles. The van der Waals surface area contributed by atoms with Crippen LogP contribution in [0.15, 0.2) is 24.3 Å². The Labute approximate surface area is 130 Å². The molecule has 5 nitrogen and oxygen atoms in total. The number of benzene rings is 1. The standard InChI is InChI=1S/C17H21N3O2/c21-16-11-19(17(22)18-12-5-1-2-6-12)14-7-3-4-8-15(14)20(16)13-9-10-13/h3-4,7-8,12-13H,1-2,5-6,9-11H2,(H,18,22). The summed E-state index contributed by atoms with van der Waals surface area (Å²) >= 11 is 0. The average molecular weight is 299 g/mol. The first-order chi connectivity index (χ1) is 10.7. The molecule has 1 aliphatic heterocycles. The second kappa shape index (κ2) is 5.30. The molecule has 3 amide bonds. The highest BCUT2D eigenvalue weighted by Gasteiger charge is 2.40. The van der Waals surface area contributed by atoms with Crippen LogP contribution >= 0.6 is 0 Å². The van der Waals surface area contributed by atoms with Crippen LogP contribution in [-0.2, 0) is 4.79 Å². The predicted molar refractivity (Wildman–Crippen MR) is 85.1 cm³/mol. The van der Waals surface area contributed by atoms with Gasteiger partial charge in [0.25, 0.3) is 0 Å². The zero-order chi connectivity index (χ0) is 15.1. The van der Waals surface area contributed by atoms with E-state index >= 15 is 0 Å². The third kappa shape index (κ3) is 2.34. The SMILES string of the molecule is O=C(NC1CCCC1)N1CC(=O)N(C2CC2)c2ccccc21. The van der Waals surface area contributed by atoms with E-state index in [1.165, 1.54) is 12.8 Å².